The molecule has 0 aromatic carbocycles. The minimum atomic E-state index is 0.253. The smallest absolute Gasteiger partial charge is 0.00769 e. The Morgan fingerprint density at radius 3 is 2.20 bits per heavy atom. The van der Waals surface area contributed by atoms with Crippen molar-refractivity contribution in [3.63, 3.8) is 0 Å². The van der Waals surface area contributed by atoms with Crippen LogP contribution >= 0.6 is 0 Å². The third-order valence-corrected chi connectivity index (χ3v) is 7.66. The maximum atomic E-state index is 4.23. The van der Waals surface area contributed by atoms with Gasteiger partial charge in [0.05, 0.1) is 0 Å². The van der Waals surface area contributed by atoms with Gasteiger partial charge in [0.25, 0.3) is 0 Å². The van der Waals surface area contributed by atoms with Crippen LogP contribution in [0, 0.1) is 35.0 Å². The molecule has 0 radical (unpaired) electrons. The molecule has 0 unspecified atom stereocenters. The van der Waals surface area contributed by atoms with E-state index in [9.17, 15) is 0 Å². The van der Waals surface area contributed by atoms with Gasteiger partial charge in [-0.15, -0.1) is 6.58 Å². The number of hydrogen-bond acceptors (Lipinski definition) is 0. The second kappa shape index (κ2) is 13.6. The molecule has 1 aliphatic rings. The Labute approximate surface area is 190 Å². The quantitative estimate of drug-likeness (QED) is 0.248. The van der Waals surface area contributed by atoms with Gasteiger partial charge in [0, 0.05) is 0 Å². The van der Waals surface area contributed by atoms with E-state index in [1.807, 2.05) is 0 Å². The van der Waals surface area contributed by atoms with Crippen molar-refractivity contribution < 1.29 is 0 Å². The summed E-state index contributed by atoms with van der Waals surface area (Å²) in [5, 5.41) is 0. The number of rotatable bonds is 14. The summed E-state index contributed by atoms with van der Waals surface area (Å²) in [7, 11) is 0. The summed E-state index contributed by atoms with van der Waals surface area (Å²) < 4.78 is 0. The molecule has 1 saturated carbocycles. The van der Waals surface area contributed by atoms with E-state index in [0.717, 1.165) is 17.8 Å². The molecule has 30 heavy (non-hydrogen) atoms. The van der Waals surface area contributed by atoms with Gasteiger partial charge in [-0.2, -0.15) is 0 Å². The Morgan fingerprint density at radius 1 is 0.967 bits per heavy atom. The molecular formula is C30H54. The molecule has 4 atom stereocenters. The summed E-state index contributed by atoms with van der Waals surface area (Å²) in [6, 6.07) is 0. The molecule has 0 spiro atoms. The largest absolute Gasteiger partial charge is 0.103 e. The number of allylic oxidation sites excluding steroid dienone is 5. The Morgan fingerprint density at radius 2 is 1.60 bits per heavy atom. The standard InChI is InChI=1S/C30H54/c1-10-30(9)21-20-28(27(8)19-12-15-24(4)5)29(30)22-26(7)18-13-17-25(6)16-11-14-23(2)3/h10,19,22-25,28-29H,1,11-18,20-21H2,2-9H3/b26-22+,27-19-/t25-,28+,29+,30+/m0/s1. The first-order chi connectivity index (χ1) is 14.1. The fraction of sp³-hybridized carbons (Fsp3) is 0.800. The Kier molecular flexibility index (Phi) is 12.3. The maximum absolute atomic E-state index is 4.23. The maximum Gasteiger partial charge on any atom is -0.00769 e. The van der Waals surface area contributed by atoms with E-state index in [4.69, 9.17) is 0 Å². The molecule has 0 heterocycles. The highest BCUT2D eigenvalue weighted by atomic mass is 14.5. The Hall–Kier alpha value is -0.780. The zero-order valence-electron chi connectivity index (χ0n) is 21.9. The van der Waals surface area contributed by atoms with Gasteiger partial charge in [0.2, 0.25) is 0 Å². The summed E-state index contributed by atoms with van der Waals surface area (Å²) in [4.78, 5) is 0. The van der Waals surface area contributed by atoms with E-state index in [1.165, 1.54) is 64.2 Å². The van der Waals surface area contributed by atoms with E-state index in [1.54, 1.807) is 11.1 Å². The monoisotopic (exact) mass is 414 g/mol. The van der Waals surface area contributed by atoms with Crippen LogP contribution in [0.2, 0.25) is 0 Å². The van der Waals surface area contributed by atoms with Crippen LogP contribution in [-0.4, -0.2) is 0 Å². The molecule has 0 N–H and O–H groups in total. The third-order valence-electron chi connectivity index (χ3n) is 7.66. The van der Waals surface area contributed by atoms with Crippen molar-refractivity contribution in [2.24, 2.45) is 35.0 Å². The normalized spacial score (nSPS) is 26.6. The van der Waals surface area contributed by atoms with Crippen LogP contribution < -0.4 is 0 Å². The van der Waals surface area contributed by atoms with E-state index in [-0.39, 0.29) is 5.41 Å². The molecule has 0 bridgehead atoms. The van der Waals surface area contributed by atoms with Gasteiger partial charge in [-0.1, -0.05) is 96.6 Å². The van der Waals surface area contributed by atoms with Gasteiger partial charge in [0.1, 0.15) is 0 Å². The lowest BCUT2D eigenvalue weighted by Gasteiger charge is -2.30. The summed E-state index contributed by atoms with van der Waals surface area (Å²) in [6.45, 7) is 23.2. The predicted octanol–water partition coefficient (Wildman–Crippen LogP) is 10.2. The van der Waals surface area contributed by atoms with Gasteiger partial charge in [-0.25, -0.2) is 0 Å². The topological polar surface area (TPSA) is 0 Å². The molecule has 1 rings (SSSR count). The zero-order valence-corrected chi connectivity index (χ0v) is 21.9. The molecule has 1 aliphatic carbocycles. The molecule has 0 amide bonds. The van der Waals surface area contributed by atoms with Crippen LogP contribution in [0.1, 0.15) is 120 Å². The van der Waals surface area contributed by atoms with Gasteiger partial charge >= 0.3 is 0 Å². The van der Waals surface area contributed by atoms with E-state index >= 15 is 0 Å². The fourth-order valence-corrected chi connectivity index (χ4v) is 5.26. The molecular weight excluding hydrogens is 360 g/mol. The average molecular weight is 415 g/mol. The molecule has 0 saturated heterocycles. The first-order valence-electron chi connectivity index (χ1n) is 13.1. The first kappa shape index (κ1) is 27.3. The van der Waals surface area contributed by atoms with Crippen LogP contribution in [0.3, 0.4) is 0 Å². The third kappa shape index (κ3) is 9.57. The lowest BCUT2D eigenvalue weighted by molar-refractivity contribution is 0.331. The lowest BCUT2D eigenvalue weighted by Crippen LogP contribution is -2.22. The molecule has 0 heteroatoms. The van der Waals surface area contributed by atoms with Crippen molar-refractivity contribution in [1.82, 2.24) is 0 Å². The highest BCUT2D eigenvalue weighted by molar-refractivity contribution is 5.21. The second-order valence-electron chi connectivity index (χ2n) is 11.6. The van der Waals surface area contributed by atoms with Crippen molar-refractivity contribution >= 4 is 0 Å². The van der Waals surface area contributed by atoms with Crippen molar-refractivity contribution in [3.8, 4) is 0 Å². The zero-order chi connectivity index (χ0) is 22.7. The van der Waals surface area contributed by atoms with Crippen LogP contribution in [0.15, 0.2) is 36.0 Å². The van der Waals surface area contributed by atoms with E-state index < -0.39 is 0 Å². The molecule has 174 valence electrons. The summed E-state index contributed by atoms with van der Waals surface area (Å²) in [5.41, 5.74) is 3.47. The van der Waals surface area contributed by atoms with Gasteiger partial charge < -0.3 is 0 Å². The minimum Gasteiger partial charge on any atom is -0.103 e. The van der Waals surface area contributed by atoms with Gasteiger partial charge in [-0.3, -0.25) is 0 Å². The first-order valence-corrected chi connectivity index (χ1v) is 13.1. The molecule has 0 aromatic heterocycles. The summed E-state index contributed by atoms with van der Waals surface area (Å²) >= 11 is 0. The highest BCUT2D eigenvalue weighted by Gasteiger charge is 2.42. The number of hydrogen-bond donors (Lipinski definition) is 0. The Bertz CT molecular complexity index is 546. The van der Waals surface area contributed by atoms with E-state index in [2.05, 4.69) is 80.2 Å². The summed E-state index contributed by atoms with van der Waals surface area (Å²) in [5.74, 6) is 3.84. The van der Waals surface area contributed by atoms with E-state index in [0.29, 0.717) is 11.8 Å². The molecule has 0 aromatic rings. The minimum absolute atomic E-state index is 0.253. The Balaban J connectivity index is 2.66. The van der Waals surface area contributed by atoms with Crippen LogP contribution in [0.5, 0.6) is 0 Å². The second-order valence-corrected chi connectivity index (χ2v) is 11.6. The van der Waals surface area contributed by atoms with Crippen LogP contribution in [0.25, 0.3) is 0 Å². The molecule has 0 nitrogen and oxygen atoms in total. The fourth-order valence-electron chi connectivity index (χ4n) is 5.26. The average Bonchev–Trinajstić information content (AvgIpc) is 2.98. The van der Waals surface area contributed by atoms with Gasteiger partial charge in [-0.05, 0) is 87.4 Å². The van der Waals surface area contributed by atoms with Crippen molar-refractivity contribution in [2.75, 3.05) is 0 Å². The van der Waals surface area contributed by atoms with Crippen molar-refractivity contribution in [2.45, 2.75) is 120 Å². The molecule has 0 aliphatic heterocycles. The summed E-state index contributed by atoms with van der Waals surface area (Å²) in [6.07, 6.45) is 20.7. The van der Waals surface area contributed by atoms with Gasteiger partial charge in [0.15, 0.2) is 0 Å². The lowest BCUT2D eigenvalue weighted by atomic mass is 9.74. The predicted molar refractivity (Wildman–Crippen MR) is 138 cm³/mol. The van der Waals surface area contributed by atoms with Crippen LogP contribution in [-0.2, 0) is 0 Å². The molecule has 1 fully saturated rings. The van der Waals surface area contributed by atoms with Crippen LogP contribution in [0.4, 0.5) is 0 Å². The van der Waals surface area contributed by atoms with Crippen molar-refractivity contribution in [1.29, 1.82) is 0 Å². The van der Waals surface area contributed by atoms with Crippen molar-refractivity contribution in [3.05, 3.63) is 36.0 Å². The highest BCUT2D eigenvalue weighted by Crippen LogP contribution is 2.51. The SMILES string of the molecule is C=C[C@]1(C)CC[C@H](/C(C)=C\CCC(C)C)[C@H]1/C=C(\C)CCC[C@@H](C)CCCC(C)C.